The quantitative estimate of drug-likeness (QED) is 0.728. The minimum absolute atomic E-state index is 0.0948. The van der Waals surface area contributed by atoms with E-state index in [2.05, 4.69) is 45.3 Å². The summed E-state index contributed by atoms with van der Waals surface area (Å²) in [6, 6.07) is 0. The molecule has 1 fully saturated rings. The summed E-state index contributed by atoms with van der Waals surface area (Å²) in [6.45, 7) is 11.0. The van der Waals surface area contributed by atoms with E-state index in [9.17, 15) is 4.79 Å². The Balaban J connectivity index is 2.29. The van der Waals surface area contributed by atoms with E-state index in [1.807, 2.05) is 0 Å². The Labute approximate surface area is 99.4 Å². The van der Waals surface area contributed by atoms with E-state index in [1.165, 1.54) is 12.8 Å². The highest BCUT2D eigenvalue weighted by Crippen LogP contribution is 2.38. The second-order valence-electron chi connectivity index (χ2n) is 6.14. The first-order chi connectivity index (χ1) is 7.27. The van der Waals surface area contributed by atoms with Gasteiger partial charge in [-0.3, -0.25) is 4.79 Å². The summed E-state index contributed by atoms with van der Waals surface area (Å²) in [4.78, 5) is 11.7. The monoisotopic (exact) mass is 226 g/mol. The van der Waals surface area contributed by atoms with Crippen LogP contribution in [-0.4, -0.2) is 23.5 Å². The van der Waals surface area contributed by atoms with Gasteiger partial charge in [0, 0.05) is 11.1 Å². The molecule has 0 aromatic rings. The third-order valence-electron chi connectivity index (χ3n) is 3.66. The van der Waals surface area contributed by atoms with Crippen molar-refractivity contribution < 1.29 is 4.79 Å². The Hall–Kier alpha value is -0.570. The molecule has 0 radical (unpaired) electrons. The van der Waals surface area contributed by atoms with Crippen LogP contribution in [0.25, 0.3) is 0 Å². The number of hydrogen-bond acceptors (Lipinski definition) is 2. The fourth-order valence-corrected chi connectivity index (χ4v) is 1.77. The lowest BCUT2D eigenvalue weighted by atomic mass is 9.98. The summed E-state index contributed by atoms with van der Waals surface area (Å²) in [5.41, 5.74) is 0.0101. The Morgan fingerprint density at radius 1 is 1.25 bits per heavy atom. The van der Waals surface area contributed by atoms with Crippen molar-refractivity contribution in [1.82, 2.24) is 10.6 Å². The van der Waals surface area contributed by atoms with Crippen molar-refractivity contribution in [2.24, 2.45) is 5.92 Å². The van der Waals surface area contributed by atoms with Gasteiger partial charge in [-0.25, -0.2) is 0 Å². The van der Waals surface area contributed by atoms with Crippen molar-refractivity contribution in [2.45, 2.75) is 65.0 Å². The first kappa shape index (κ1) is 13.5. The van der Waals surface area contributed by atoms with Crippen LogP contribution in [0.5, 0.6) is 0 Å². The lowest BCUT2D eigenvalue weighted by Gasteiger charge is -2.28. The molecule has 3 heteroatoms. The zero-order valence-corrected chi connectivity index (χ0v) is 11.3. The Bertz CT molecular complexity index is 255. The molecule has 0 spiro atoms. The maximum atomic E-state index is 11.7. The molecule has 1 amide bonds. The van der Waals surface area contributed by atoms with Gasteiger partial charge in [0.1, 0.15) is 0 Å². The van der Waals surface area contributed by atoms with Crippen molar-refractivity contribution in [2.75, 3.05) is 6.54 Å². The van der Waals surface area contributed by atoms with Gasteiger partial charge < -0.3 is 10.6 Å². The molecule has 94 valence electrons. The summed E-state index contributed by atoms with van der Waals surface area (Å²) in [6.07, 6.45) is 3.54. The molecule has 1 rings (SSSR count). The van der Waals surface area contributed by atoms with Crippen LogP contribution >= 0.6 is 0 Å². The van der Waals surface area contributed by atoms with E-state index < -0.39 is 0 Å². The highest BCUT2D eigenvalue weighted by atomic mass is 16.2. The number of rotatable bonds is 6. The van der Waals surface area contributed by atoms with Crippen LogP contribution in [-0.2, 0) is 4.79 Å². The van der Waals surface area contributed by atoms with Gasteiger partial charge in [-0.1, -0.05) is 6.92 Å². The molecular formula is C13H26N2O. The number of carbonyl (C=O) groups is 1. The van der Waals surface area contributed by atoms with Crippen LogP contribution in [0.2, 0.25) is 0 Å². The molecule has 0 unspecified atom stereocenters. The van der Waals surface area contributed by atoms with Crippen LogP contribution in [0.3, 0.4) is 0 Å². The molecule has 3 nitrogen and oxygen atoms in total. The zero-order chi connectivity index (χ0) is 12.4. The normalized spacial score (nSPS) is 17.3. The van der Waals surface area contributed by atoms with Crippen LogP contribution in [0.1, 0.15) is 53.9 Å². The molecule has 2 N–H and O–H groups in total. The molecule has 1 aliphatic carbocycles. The average Bonchev–Trinajstić information content (AvgIpc) is 2.97. The smallest absolute Gasteiger partial charge is 0.234 e. The number of carbonyl (C=O) groups excluding carboxylic acids is 1. The van der Waals surface area contributed by atoms with Gasteiger partial charge in [-0.05, 0) is 52.9 Å². The second kappa shape index (κ2) is 4.74. The van der Waals surface area contributed by atoms with E-state index >= 15 is 0 Å². The number of nitrogens with one attached hydrogen (secondary N) is 2. The summed E-state index contributed by atoms with van der Waals surface area (Å²) < 4.78 is 0. The SMILES string of the molecule is CCC(C)(C)NC(=O)CNC(C)(C)C1CC1. The maximum Gasteiger partial charge on any atom is 0.234 e. The van der Waals surface area contributed by atoms with E-state index in [-0.39, 0.29) is 17.0 Å². The van der Waals surface area contributed by atoms with Gasteiger partial charge in [0.25, 0.3) is 0 Å². The van der Waals surface area contributed by atoms with Crippen molar-refractivity contribution in [3.63, 3.8) is 0 Å². The lowest BCUT2D eigenvalue weighted by Crippen LogP contribution is -2.51. The minimum Gasteiger partial charge on any atom is -0.350 e. The van der Waals surface area contributed by atoms with Crippen LogP contribution in [0, 0.1) is 5.92 Å². The van der Waals surface area contributed by atoms with Crippen molar-refractivity contribution in [1.29, 1.82) is 0 Å². The predicted molar refractivity (Wildman–Crippen MR) is 67.3 cm³/mol. The molecule has 0 heterocycles. The molecule has 0 bridgehead atoms. The Morgan fingerprint density at radius 3 is 2.25 bits per heavy atom. The highest BCUT2D eigenvalue weighted by molar-refractivity contribution is 5.78. The summed E-state index contributed by atoms with van der Waals surface area (Å²) in [5.74, 6) is 0.847. The molecule has 0 atom stereocenters. The van der Waals surface area contributed by atoms with Crippen molar-refractivity contribution in [3.05, 3.63) is 0 Å². The van der Waals surface area contributed by atoms with Gasteiger partial charge in [0.05, 0.1) is 6.54 Å². The topological polar surface area (TPSA) is 41.1 Å². The summed E-state index contributed by atoms with van der Waals surface area (Å²) in [5, 5.41) is 6.39. The molecule has 0 aromatic heterocycles. The lowest BCUT2D eigenvalue weighted by molar-refractivity contribution is -0.122. The Morgan fingerprint density at radius 2 is 1.81 bits per heavy atom. The van der Waals surface area contributed by atoms with Crippen LogP contribution < -0.4 is 10.6 Å². The molecular weight excluding hydrogens is 200 g/mol. The predicted octanol–water partition coefficient (Wildman–Crippen LogP) is 2.07. The van der Waals surface area contributed by atoms with E-state index in [0.29, 0.717) is 6.54 Å². The van der Waals surface area contributed by atoms with E-state index in [1.54, 1.807) is 0 Å². The van der Waals surface area contributed by atoms with Gasteiger partial charge in [-0.2, -0.15) is 0 Å². The van der Waals surface area contributed by atoms with Gasteiger partial charge in [-0.15, -0.1) is 0 Å². The highest BCUT2D eigenvalue weighted by Gasteiger charge is 2.37. The average molecular weight is 226 g/mol. The molecule has 1 saturated carbocycles. The molecule has 0 aromatic carbocycles. The van der Waals surface area contributed by atoms with Crippen LogP contribution in [0.4, 0.5) is 0 Å². The fraction of sp³-hybridized carbons (Fsp3) is 0.923. The third-order valence-corrected chi connectivity index (χ3v) is 3.66. The molecule has 0 aliphatic heterocycles. The standard InChI is InChI=1S/C13H26N2O/c1-6-12(2,3)15-11(16)9-14-13(4,5)10-7-8-10/h10,14H,6-9H2,1-5H3,(H,15,16). The first-order valence-electron chi connectivity index (χ1n) is 6.33. The summed E-state index contributed by atoms with van der Waals surface area (Å²) >= 11 is 0. The largest absolute Gasteiger partial charge is 0.350 e. The third kappa shape index (κ3) is 4.12. The molecule has 1 aliphatic rings. The first-order valence-corrected chi connectivity index (χ1v) is 6.33. The van der Waals surface area contributed by atoms with Crippen molar-refractivity contribution in [3.8, 4) is 0 Å². The van der Waals surface area contributed by atoms with Crippen LogP contribution in [0.15, 0.2) is 0 Å². The molecule has 0 saturated heterocycles. The van der Waals surface area contributed by atoms with Gasteiger partial charge >= 0.3 is 0 Å². The van der Waals surface area contributed by atoms with Gasteiger partial charge in [0.2, 0.25) is 5.91 Å². The molecule has 16 heavy (non-hydrogen) atoms. The van der Waals surface area contributed by atoms with E-state index in [0.717, 1.165) is 12.3 Å². The van der Waals surface area contributed by atoms with E-state index in [4.69, 9.17) is 0 Å². The van der Waals surface area contributed by atoms with Gasteiger partial charge in [0.15, 0.2) is 0 Å². The number of amides is 1. The fourth-order valence-electron chi connectivity index (χ4n) is 1.77. The summed E-state index contributed by atoms with van der Waals surface area (Å²) in [7, 11) is 0. The minimum atomic E-state index is -0.0948. The Kier molecular flexibility index (Phi) is 4.00. The second-order valence-corrected chi connectivity index (χ2v) is 6.14. The zero-order valence-electron chi connectivity index (χ0n) is 11.3. The maximum absolute atomic E-state index is 11.7. The van der Waals surface area contributed by atoms with Crippen molar-refractivity contribution >= 4 is 5.91 Å². The number of hydrogen-bond donors (Lipinski definition) is 2.